The van der Waals surface area contributed by atoms with Crippen LogP contribution in [0.25, 0.3) is 5.57 Å². The predicted molar refractivity (Wildman–Crippen MR) is 104 cm³/mol. The van der Waals surface area contributed by atoms with Gasteiger partial charge >= 0.3 is 0 Å². The van der Waals surface area contributed by atoms with Gasteiger partial charge in [-0.1, -0.05) is 19.9 Å². The number of carbonyl (C=O) groups excluding carboxylic acids is 1. The molecule has 4 aliphatic rings. The molecule has 3 saturated carbocycles. The fourth-order valence-electron chi connectivity index (χ4n) is 7.62. The maximum absolute atomic E-state index is 13.8. The summed E-state index contributed by atoms with van der Waals surface area (Å²) in [6.45, 7) is 4.90. The van der Waals surface area contributed by atoms with Crippen LogP contribution in [0.5, 0.6) is 0 Å². The van der Waals surface area contributed by atoms with Gasteiger partial charge in [-0.05, 0) is 90.2 Å². The number of hydrogen-bond donors (Lipinski definition) is 0. The highest BCUT2D eigenvalue weighted by atomic mass is 19.1. The van der Waals surface area contributed by atoms with E-state index in [1.807, 2.05) is 6.20 Å². The van der Waals surface area contributed by atoms with Gasteiger partial charge in [0.15, 0.2) is 0 Å². The molecule has 3 heteroatoms. The summed E-state index contributed by atoms with van der Waals surface area (Å²) in [6.07, 6.45) is 14.2. The first-order valence-corrected chi connectivity index (χ1v) is 10.7. The number of rotatable bonds is 1. The minimum Gasteiger partial charge on any atom is -0.300 e. The summed E-state index contributed by atoms with van der Waals surface area (Å²) in [4.78, 5) is 16.1. The van der Waals surface area contributed by atoms with Crippen molar-refractivity contribution in [2.24, 2.45) is 34.5 Å². The van der Waals surface area contributed by atoms with Gasteiger partial charge in [0.1, 0.15) is 11.6 Å². The maximum atomic E-state index is 13.8. The molecule has 27 heavy (non-hydrogen) atoms. The topological polar surface area (TPSA) is 30.0 Å². The second-order valence-corrected chi connectivity index (χ2v) is 10.1. The lowest BCUT2D eigenvalue weighted by Gasteiger charge is -2.60. The number of carbonyl (C=O) groups is 1. The van der Waals surface area contributed by atoms with Gasteiger partial charge in [-0.25, -0.2) is 4.39 Å². The van der Waals surface area contributed by atoms with Crippen molar-refractivity contribution in [2.75, 3.05) is 0 Å². The number of fused-ring (bicyclic) bond motifs is 5. The first-order valence-electron chi connectivity index (χ1n) is 10.7. The van der Waals surface area contributed by atoms with Crippen LogP contribution in [0.2, 0.25) is 0 Å². The molecular formula is C24H30FNO. The molecule has 0 aromatic carbocycles. The number of hydrogen-bond acceptors (Lipinski definition) is 2. The Hall–Kier alpha value is -1.51. The molecule has 0 radical (unpaired) electrons. The number of aromatic nitrogens is 1. The molecule has 1 unspecified atom stereocenters. The molecule has 6 atom stereocenters. The summed E-state index contributed by atoms with van der Waals surface area (Å²) < 4.78 is 13.8. The lowest BCUT2D eigenvalue weighted by molar-refractivity contribution is -0.136. The molecule has 4 aliphatic carbocycles. The molecule has 2 nitrogen and oxygen atoms in total. The first kappa shape index (κ1) is 17.6. The Morgan fingerprint density at radius 1 is 1.11 bits per heavy atom. The molecule has 0 spiro atoms. The van der Waals surface area contributed by atoms with Crippen molar-refractivity contribution in [3.8, 4) is 0 Å². The third kappa shape index (κ3) is 2.49. The summed E-state index contributed by atoms with van der Waals surface area (Å²) in [6, 6.07) is 1.66. The average molecular weight is 368 g/mol. The Labute approximate surface area is 161 Å². The molecule has 3 fully saturated rings. The zero-order valence-corrected chi connectivity index (χ0v) is 16.5. The van der Waals surface area contributed by atoms with E-state index in [1.54, 1.807) is 6.07 Å². The van der Waals surface area contributed by atoms with Gasteiger partial charge in [0.2, 0.25) is 0 Å². The number of ketones is 1. The van der Waals surface area contributed by atoms with Gasteiger partial charge in [0.05, 0.1) is 6.20 Å². The highest BCUT2D eigenvalue weighted by Crippen LogP contribution is 2.67. The quantitative estimate of drug-likeness (QED) is 0.625. The summed E-state index contributed by atoms with van der Waals surface area (Å²) >= 11 is 0. The van der Waals surface area contributed by atoms with Crippen molar-refractivity contribution in [3.05, 3.63) is 35.9 Å². The van der Waals surface area contributed by atoms with Crippen LogP contribution < -0.4 is 0 Å². The van der Waals surface area contributed by atoms with E-state index in [0.29, 0.717) is 23.0 Å². The minimum atomic E-state index is -0.242. The Kier molecular flexibility index (Phi) is 3.90. The summed E-state index contributed by atoms with van der Waals surface area (Å²) in [7, 11) is 0. The van der Waals surface area contributed by atoms with E-state index in [9.17, 15) is 9.18 Å². The SMILES string of the molecule is C[C@]12CCC(=O)CC1CC[C@@H]1[C@@H]2CC[C@]2(C)C(c3cncc(F)c3)=CC[C@@H]12. The normalized spacial score (nSPS) is 43.5. The molecule has 0 N–H and O–H groups in total. The molecule has 0 aliphatic heterocycles. The molecule has 0 saturated heterocycles. The van der Waals surface area contributed by atoms with Gasteiger partial charge < -0.3 is 0 Å². The van der Waals surface area contributed by atoms with Crippen molar-refractivity contribution in [2.45, 2.75) is 65.2 Å². The minimum absolute atomic E-state index is 0.143. The fourth-order valence-corrected chi connectivity index (χ4v) is 7.62. The van der Waals surface area contributed by atoms with E-state index >= 15 is 0 Å². The van der Waals surface area contributed by atoms with Crippen molar-refractivity contribution >= 4 is 11.4 Å². The van der Waals surface area contributed by atoms with Crippen LogP contribution >= 0.6 is 0 Å². The average Bonchev–Trinajstić information content (AvgIpc) is 2.99. The van der Waals surface area contributed by atoms with Gasteiger partial charge in [0, 0.05) is 19.0 Å². The van der Waals surface area contributed by atoms with Crippen LogP contribution in [0.1, 0.15) is 70.8 Å². The third-order valence-electron chi connectivity index (χ3n) is 9.08. The number of nitrogens with zero attached hydrogens (tertiary/aromatic N) is 1. The van der Waals surface area contributed by atoms with E-state index in [4.69, 9.17) is 0 Å². The number of allylic oxidation sites excluding steroid dienone is 2. The van der Waals surface area contributed by atoms with Crippen LogP contribution in [0, 0.1) is 40.3 Å². The van der Waals surface area contributed by atoms with Crippen LogP contribution in [0.4, 0.5) is 4.39 Å². The molecule has 144 valence electrons. The fraction of sp³-hybridized carbons (Fsp3) is 0.667. The Morgan fingerprint density at radius 3 is 2.78 bits per heavy atom. The zero-order chi connectivity index (χ0) is 18.8. The molecule has 1 aromatic heterocycles. The number of halogens is 1. The largest absolute Gasteiger partial charge is 0.300 e. The summed E-state index contributed by atoms with van der Waals surface area (Å²) in [5.41, 5.74) is 2.79. The van der Waals surface area contributed by atoms with E-state index < -0.39 is 0 Å². The Balaban J connectivity index is 1.45. The van der Waals surface area contributed by atoms with Gasteiger partial charge in [-0.15, -0.1) is 0 Å². The lowest BCUT2D eigenvalue weighted by Crippen LogP contribution is -2.53. The second kappa shape index (κ2) is 5.99. The molecule has 0 amide bonds. The lowest BCUT2D eigenvalue weighted by atomic mass is 9.44. The van der Waals surface area contributed by atoms with Crippen LogP contribution in [-0.4, -0.2) is 10.8 Å². The number of pyridine rings is 1. The highest BCUT2D eigenvalue weighted by molar-refractivity contribution is 5.79. The van der Waals surface area contributed by atoms with Crippen LogP contribution in [0.15, 0.2) is 24.5 Å². The van der Waals surface area contributed by atoms with Crippen molar-refractivity contribution in [1.29, 1.82) is 0 Å². The van der Waals surface area contributed by atoms with E-state index in [1.165, 1.54) is 37.5 Å². The molecule has 0 bridgehead atoms. The van der Waals surface area contributed by atoms with Gasteiger partial charge in [0.25, 0.3) is 0 Å². The molecule has 5 rings (SSSR count). The van der Waals surface area contributed by atoms with Crippen molar-refractivity contribution in [3.63, 3.8) is 0 Å². The first-order chi connectivity index (χ1) is 12.9. The van der Waals surface area contributed by atoms with E-state index in [2.05, 4.69) is 24.9 Å². The Morgan fingerprint density at radius 2 is 1.96 bits per heavy atom. The molecule has 1 heterocycles. The third-order valence-corrected chi connectivity index (χ3v) is 9.08. The van der Waals surface area contributed by atoms with E-state index in [-0.39, 0.29) is 11.2 Å². The molecular weight excluding hydrogens is 337 g/mol. The second-order valence-electron chi connectivity index (χ2n) is 10.1. The van der Waals surface area contributed by atoms with Crippen molar-refractivity contribution < 1.29 is 9.18 Å². The molecule has 1 aromatic rings. The number of Topliss-reactive ketones (excluding diaryl/α,β-unsaturated/α-hetero) is 1. The van der Waals surface area contributed by atoms with E-state index in [0.717, 1.165) is 43.1 Å². The standard InChI is InChI=1S/C24H30FNO/c1-23-9-7-18(27)12-16(23)3-4-19-21-6-5-20(15-11-17(25)14-26-13-15)24(21,2)10-8-22(19)23/h5,11,13-14,16,19,21-22H,3-4,6-10,12H2,1-2H3/t16?,19-,21-,22-,23-,24+/m0/s1. The van der Waals surface area contributed by atoms with Crippen LogP contribution in [0.3, 0.4) is 0 Å². The highest BCUT2D eigenvalue weighted by Gasteiger charge is 2.58. The summed E-state index contributed by atoms with van der Waals surface area (Å²) in [5, 5.41) is 0. The van der Waals surface area contributed by atoms with Crippen LogP contribution in [-0.2, 0) is 4.79 Å². The summed E-state index contributed by atoms with van der Waals surface area (Å²) in [5.74, 6) is 3.00. The maximum Gasteiger partial charge on any atom is 0.142 e. The Bertz CT molecular complexity index is 816. The van der Waals surface area contributed by atoms with Gasteiger partial charge in [-0.2, -0.15) is 0 Å². The van der Waals surface area contributed by atoms with Gasteiger partial charge in [-0.3, -0.25) is 9.78 Å². The van der Waals surface area contributed by atoms with Crippen molar-refractivity contribution in [1.82, 2.24) is 4.98 Å². The smallest absolute Gasteiger partial charge is 0.142 e. The predicted octanol–water partition coefficient (Wildman–Crippen LogP) is 5.83. The zero-order valence-electron chi connectivity index (χ0n) is 16.5. The monoisotopic (exact) mass is 367 g/mol.